The fourth-order valence-electron chi connectivity index (χ4n) is 1.92. The molecule has 2 nitrogen and oxygen atoms in total. The Morgan fingerprint density at radius 2 is 1.94 bits per heavy atom. The van der Waals surface area contributed by atoms with E-state index >= 15 is 0 Å². The molecule has 0 amide bonds. The summed E-state index contributed by atoms with van der Waals surface area (Å²) in [6.07, 6.45) is 0. The molecule has 3 rings (SSSR count). The smallest absolute Gasteiger partial charge is 0.220 e. The Morgan fingerprint density at radius 3 is 2.78 bits per heavy atom. The molecule has 0 aliphatic carbocycles. The number of carbonyl (C=O) groups excluding carboxylic acids is 1. The van der Waals surface area contributed by atoms with Gasteiger partial charge in [-0.25, -0.2) is 0 Å². The standard InChI is InChI=1S/C15H12O2S/c16-15-14-8-13(7-6-12(14)10-18-15)17-9-11-4-2-1-3-5-11/h1-8H,9-10H2. The molecular formula is C15H12O2S. The van der Waals surface area contributed by atoms with Crippen molar-refractivity contribution in [1.29, 1.82) is 0 Å². The molecule has 1 heterocycles. The van der Waals surface area contributed by atoms with E-state index in [0.29, 0.717) is 6.61 Å². The lowest BCUT2D eigenvalue weighted by Crippen LogP contribution is -1.97. The quantitative estimate of drug-likeness (QED) is 0.838. The summed E-state index contributed by atoms with van der Waals surface area (Å²) in [4.78, 5) is 11.6. The molecule has 0 unspecified atom stereocenters. The monoisotopic (exact) mass is 256 g/mol. The number of fused-ring (bicyclic) bond motifs is 1. The van der Waals surface area contributed by atoms with E-state index in [4.69, 9.17) is 4.74 Å². The Morgan fingerprint density at radius 1 is 1.11 bits per heavy atom. The molecule has 18 heavy (non-hydrogen) atoms. The van der Waals surface area contributed by atoms with Gasteiger partial charge in [0.1, 0.15) is 12.4 Å². The molecule has 2 aromatic rings. The van der Waals surface area contributed by atoms with Crippen LogP contribution in [0.15, 0.2) is 48.5 Å². The predicted molar refractivity (Wildman–Crippen MR) is 72.8 cm³/mol. The third-order valence-electron chi connectivity index (χ3n) is 2.91. The number of ether oxygens (including phenoxy) is 1. The SMILES string of the molecule is O=C1SCc2ccc(OCc3ccccc3)cc21. The average molecular weight is 256 g/mol. The highest BCUT2D eigenvalue weighted by molar-refractivity contribution is 8.13. The number of benzene rings is 2. The Balaban J connectivity index is 1.74. The fourth-order valence-corrected chi connectivity index (χ4v) is 2.81. The maximum absolute atomic E-state index is 11.6. The van der Waals surface area contributed by atoms with Crippen molar-refractivity contribution < 1.29 is 9.53 Å². The third kappa shape index (κ3) is 2.27. The lowest BCUT2D eigenvalue weighted by atomic mass is 10.1. The molecule has 1 aliphatic rings. The van der Waals surface area contributed by atoms with Crippen molar-refractivity contribution in [3.05, 3.63) is 65.2 Å². The summed E-state index contributed by atoms with van der Waals surface area (Å²) in [7, 11) is 0. The summed E-state index contributed by atoms with van der Waals surface area (Å²) in [5, 5.41) is 0.148. The first kappa shape index (κ1) is 11.4. The molecule has 90 valence electrons. The lowest BCUT2D eigenvalue weighted by molar-refractivity contribution is 0.109. The van der Waals surface area contributed by atoms with Crippen LogP contribution < -0.4 is 4.74 Å². The first-order valence-electron chi connectivity index (χ1n) is 5.80. The Kier molecular flexibility index (Phi) is 3.07. The van der Waals surface area contributed by atoms with Gasteiger partial charge in [0.15, 0.2) is 0 Å². The number of hydrogen-bond acceptors (Lipinski definition) is 3. The second-order valence-corrected chi connectivity index (χ2v) is 5.12. The van der Waals surface area contributed by atoms with Gasteiger partial charge in [-0.15, -0.1) is 0 Å². The van der Waals surface area contributed by atoms with Crippen molar-refractivity contribution >= 4 is 16.9 Å². The van der Waals surface area contributed by atoms with Crippen LogP contribution in [0.4, 0.5) is 0 Å². The Hall–Kier alpha value is -1.74. The molecule has 3 heteroatoms. The van der Waals surface area contributed by atoms with Gasteiger partial charge >= 0.3 is 0 Å². The maximum atomic E-state index is 11.6. The van der Waals surface area contributed by atoms with E-state index < -0.39 is 0 Å². The van der Waals surface area contributed by atoms with Gasteiger partial charge in [-0.05, 0) is 23.3 Å². The van der Waals surface area contributed by atoms with Crippen molar-refractivity contribution in [1.82, 2.24) is 0 Å². The van der Waals surface area contributed by atoms with Crippen LogP contribution in [0.2, 0.25) is 0 Å². The molecular weight excluding hydrogens is 244 g/mol. The molecule has 0 atom stereocenters. The van der Waals surface area contributed by atoms with Crippen LogP contribution in [0.3, 0.4) is 0 Å². The van der Waals surface area contributed by atoms with Crippen LogP contribution >= 0.6 is 11.8 Å². The molecule has 0 N–H and O–H groups in total. The van der Waals surface area contributed by atoms with Crippen molar-refractivity contribution in [2.24, 2.45) is 0 Å². The minimum Gasteiger partial charge on any atom is -0.489 e. The van der Waals surface area contributed by atoms with E-state index in [0.717, 1.165) is 28.2 Å². The first-order valence-corrected chi connectivity index (χ1v) is 6.78. The fraction of sp³-hybridized carbons (Fsp3) is 0.133. The normalized spacial score (nSPS) is 13.4. The topological polar surface area (TPSA) is 26.3 Å². The molecule has 0 aromatic heterocycles. The van der Waals surface area contributed by atoms with Gasteiger partial charge in [0.2, 0.25) is 5.12 Å². The van der Waals surface area contributed by atoms with Crippen molar-refractivity contribution in [2.75, 3.05) is 0 Å². The largest absolute Gasteiger partial charge is 0.489 e. The zero-order chi connectivity index (χ0) is 12.4. The molecule has 0 saturated heterocycles. The highest BCUT2D eigenvalue weighted by atomic mass is 32.2. The average Bonchev–Trinajstić information content (AvgIpc) is 2.79. The number of hydrogen-bond donors (Lipinski definition) is 0. The Labute approximate surface area is 110 Å². The highest BCUT2D eigenvalue weighted by Crippen LogP contribution is 2.32. The molecule has 0 bridgehead atoms. The van der Waals surface area contributed by atoms with Crippen LogP contribution in [-0.4, -0.2) is 5.12 Å². The number of rotatable bonds is 3. The molecule has 0 saturated carbocycles. The zero-order valence-corrected chi connectivity index (χ0v) is 10.6. The second kappa shape index (κ2) is 4.86. The molecule has 0 fully saturated rings. The van der Waals surface area contributed by atoms with Gasteiger partial charge < -0.3 is 4.74 Å². The minimum atomic E-state index is 0.148. The van der Waals surface area contributed by atoms with Crippen molar-refractivity contribution in [3.8, 4) is 5.75 Å². The first-order chi connectivity index (χ1) is 8.83. The van der Waals surface area contributed by atoms with Crippen LogP contribution in [-0.2, 0) is 12.4 Å². The molecule has 0 radical (unpaired) electrons. The lowest BCUT2D eigenvalue weighted by Gasteiger charge is -2.07. The molecule has 1 aliphatic heterocycles. The van der Waals surface area contributed by atoms with Gasteiger partial charge in [0, 0.05) is 11.3 Å². The van der Waals surface area contributed by atoms with E-state index in [1.165, 1.54) is 11.8 Å². The van der Waals surface area contributed by atoms with Crippen molar-refractivity contribution in [3.63, 3.8) is 0 Å². The van der Waals surface area contributed by atoms with E-state index in [1.54, 1.807) is 0 Å². The van der Waals surface area contributed by atoms with E-state index in [1.807, 2.05) is 48.5 Å². The minimum absolute atomic E-state index is 0.148. The number of thioether (sulfide) groups is 1. The van der Waals surface area contributed by atoms with Crippen LogP contribution in [0.1, 0.15) is 21.5 Å². The van der Waals surface area contributed by atoms with Gasteiger partial charge in [-0.1, -0.05) is 48.2 Å². The highest BCUT2D eigenvalue weighted by Gasteiger charge is 2.20. The maximum Gasteiger partial charge on any atom is 0.220 e. The van der Waals surface area contributed by atoms with E-state index in [2.05, 4.69) is 0 Å². The van der Waals surface area contributed by atoms with Crippen LogP contribution in [0.5, 0.6) is 5.75 Å². The third-order valence-corrected chi connectivity index (χ3v) is 3.85. The zero-order valence-electron chi connectivity index (χ0n) is 9.76. The van der Waals surface area contributed by atoms with Gasteiger partial charge in [0.25, 0.3) is 0 Å². The predicted octanol–water partition coefficient (Wildman–Crippen LogP) is 3.65. The molecule has 2 aromatic carbocycles. The van der Waals surface area contributed by atoms with E-state index in [-0.39, 0.29) is 5.12 Å². The van der Waals surface area contributed by atoms with Gasteiger partial charge in [-0.2, -0.15) is 0 Å². The van der Waals surface area contributed by atoms with Gasteiger partial charge in [0.05, 0.1) is 0 Å². The summed E-state index contributed by atoms with van der Waals surface area (Å²) < 4.78 is 5.70. The van der Waals surface area contributed by atoms with Crippen LogP contribution in [0.25, 0.3) is 0 Å². The summed E-state index contributed by atoms with van der Waals surface area (Å²) in [5.41, 5.74) is 3.03. The molecule has 0 spiro atoms. The van der Waals surface area contributed by atoms with Gasteiger partial charge in [-0.3, -0.25) is 4.79 Å². The number of carbonyl (C=O) groups is 1. The summed E-state index contributed by atoms with van der Waals surface area (Å²) in [6, 6.07) is 15.8. The summed E-state index contributed by atoms with van der Waals surface area (Å²) >= 11 is 1.35. The summed E-state index contributed by atoms with van der Waals surface area (Å²) in [6.45, 7) is 0.529. The van der Waals surface area contributed by atoms with Crippen molar-refractivity contribution in [2.45, 2.75) is 12.4 Å². The van der Waals surface area contributed by atoms with E-state index in [9.17, 15) is 4.79 Å². The Bertz CT molecular complexity index is 578. The van der Waals surface area contributed by atoms with Crippen LogP contribution in [0, 0.1) is 0 Å². The second-order valence-electron chi connectivity index (χ2n) is 4.17. The summed E-state index contributed by atoms with van der Waals surface area (Å²) in [5.74, 6) is 1.54.